The molecule has 174 valence electrons. The average Bonchev–Trinajstić information content (AvgIpc) is 3.27. The Hall–Kier alpha value is -4.40. The van der Waals surface area contributed by atoms with Crippen molar-refractivity contribution in [3.63, 3.8) is 0 Å². The quantitative estimate of drug-likeness (QED) is 0.413. The number of hydrogen-bond donors (Lipinski definition) is 1. The molecule has 2 aromatic carbocycles. The topological polar surface area (TPSA) is 105 Å². The minimum Gasteiger partial charge on any atom is -0.493 e. The molecule has 9 nitrogen and oxygen atoms in total. The van der Waals surface area contributed by atoms with Crippen molar-refractivity contribution in [3.8, 4) is 17.3 Å². The molecule has 4 aromatic rings. The predicted octanol–water partition coefficient (Wildman–Crippen LogP) is 4.18. The summed E-state index contributed by atoms with van der Waals surface area (Å²) in [5, 5.41) is 8.13. The number of para-hydroxylation sites is 1. The molecule has 0 bridgehead atoms. The molecule has 0 aliphatic heterocycles. The highest BCUT2D eigenvalue weighted by Crippen LogP contribution is 2.29. The van der Waals surface area contributed by atoms with Crippen molar-refractivity contribution >= 4 is 28.6 Å². The van der Waals surface area contributed by atoms with Crippen LogP contribution in [-0.2, 0) is 4.74 Å². The minimum absolute atomic E-state index is 0.114. The van der Waals surface area contributed by atoms with Gasteiger partial charge in [-0.25, -0.2) is 9.78 Å². The highest BCUT2D eigenvalue weighted by molar-refractivity contribution is 6.07. The van der Waals surface area contributed by atoms with E-state index < -0.39 is 11.9 Å². The zero-order valence-electron chi connectivity index (χ0n) is 19.3. The number of benzene rings is 2. The van der Waals surface area contributed by atoms with E-state index in [1.165, 1.54) is 25.1 Å². The number of ether oxygens (including phenoxy) is 3. The van der Waals surface area contributed by atoms with Gasteiger partial charge in [0, 0.05) is 10.9 Å². The molecular formula is C25H24N4O5. The summed E-state index contributed by atoms with van der Waals surface area (Å²) in [6.45, 7) is 3.85. The fourth-order valence-corrected chi connectivity index (χ4v) is 3.60. The van der Waals surface area contributed by atoms with E-state index in [2.05, 4.69) is 15.4 Å². The van der Waals surface area contributed by atoms with Crippen LogP contribution in [0, 0.1) is 6.92 Å². The number of hydrogen-bond acceptors (Lipinski definition) is 7. The first-order valence-corrected chi connectivity index (χ1v) is 10.6. The van der Waals surface area contributed by atoms with Crippen molar-refractivity contribution < 1.29 is 23.8 Å². The third kappa shape index (κ3) is 4.27. The van der Waals surface area contributed by atoms with Gasteiger partial charge < -0.3 is 19.5 Å². The molecule has 0 spiro atoms. The van der Waals surface area contributed by atoms with Gasteiger partial charge in [0.05, 0.1) is 32.5 Å². The Morgan fingerprint density at radius 1 is 1.03 bits per heavy atom. The SMILES string of the molecule is CCOC(=O)c1cnn(-c2cc(C)c3ccccc3n2)c1NC(=O)c1ccc(OC)c(OC)c1. The maximum Gasteiger partial charge on any atom is 0.343 e. The van der Waals surface area contributed by atoms with E-state index in [0.29, 0.717) is 22.9 Å². The van der Waals surface area contributed by atoms with Crippen LogP contribution >= 0.6 is 0 Å². The number of carbonyl (C=O) groups excluding carboxylic acids is 2. The first kappa shape index (κ1) is 22.8. The number of pyridine rings is 1. The lowest BCUT2D eigenvalue weighted by molar-refractivity contribution is 0.0527. The third-order valence-corrected chi connectivity index (χ3v) is 5.27. The summed E-state index contributed by atoms with van der Waals surface area (Å²) >= 11 is 0. The summed E-state index contributed by atoms with van der Waals surface area (Å²) in [7, 11) is 3.00. The molecule has 1 amide bonds. The molecule has 0 radical (unpaired) electrons. The first-order valence-electron chi connectivity index (χ1n) is 10.6. The highest BCUT2D eigenvalue weighted by atomic mass is 16.5. The summed E-state index contributed by atoms with van der Waals surface area (Å²) in [6, 6.07) is 14.3. The zero-order valence-corrected chi connectivity index (χ0v) is 19.3. The second-order valence-electron chi connectivity index (χ2n) is 7.38. The Bertz CT molecular complexity index is 1380. The molecule has 2 heterocycles. The van der Waals surface area contributed by atoms with Gasteiger partial charge in [-0.05, 0) is 49.7 Å². The van der Waals surface area contributed by atoms with Crippen LogP contribution in [0.2, 0.25) is 0 Å². The van der Waals surface area contributed by atoms with E-state index in [4.69, 9.17) is 14.2 Å². The molecule has 1 N–H and O–H groups in total. The standard InChI is InChI=1S/C25H24N4O5/c1-5-34-25(31)18-14-26-29(22-12-15(2)17-8-6-7-9-19(17)27-22)23(18)28-24(30)16-10-11-20(32-3)21(13-16)33-4/h6-14H,5H2,1-4H3,(H,28,30). The van der Waals surface area contributed by atoms with Crippen molar-refractivity contribution in [2.24, 2.45) is 0 Å². The number of amides is 1. The maximum absolute atomic E-state index is 13.2. The number of carbonyl (C=O) groups is 2. The van der Waals surface area contributed by atoms with Gasteiger partial charge >= 0.3 is 5.97 Å². The normalized spacial score (nSPS) is 10.7. The molecule has 4 rings (SSSR count). The van der Waals surface area contributed by atoms with Gasteiger partial charge in [0.25, 0.3) is 5.91 Å². The summed E-state index contributed by atoms with van der Waals surface area (Å²) in [5.74, 6) is 0.433. The first-order chi connectivity index (χ1) is 16.5. The van der Waals surface area contributed by atoms with E-state index in [9.17, 15) is 9.59 Å². The smallest absolute Gasteiger partial charge is 0.343 e. The fraction of sp³-hybridized carbons (Fsp3) is 0.200. The Morgan fingerprint density at radius 3 is 2.53 bits per heavy atom. The van der Waals surface area contributed by atoms with Crippen LogP contribution < -0.4 is 14.8 Å². The van der Waals surface area contributed by atoms with E-state index in [1.54, 1.807) is 25.1 Å². The van der Waals surface area contributed by atoms with Crippen molar-refractivity contribution in [2.45, 2.75) is 13.8 Å². The number of methoxy groups -OCH3 is 2. The van der Waals surface area contributed by atoms with Gasteiger partial charge in [0.2, 0.25) is 0 Å². The van der Waals surface area contributed by atoms with Crippen LogP contribution in [0.5, 0.6) is 11.5 Å². The lowest BCUT2D eigenvalue weighted by atomic mass is 10.1. The van der Waals surface area contributed by atoms with Gasteiger partial charge in [0.15, 0.2) is 23.1 Å². The van der Waals surface area contributed by atoms with Gasteiger partial charge in [-0.3, -0.25) is 4.79 Å². The van der Waals surface area contributed by atoms with Crippen LogP contribution in [0.15, 0.2) is 54.7 Å². The summed E-state index contributed by atoms with van der Waals surface area (Å²) < 4.78 is 17.1. The molecule has 34 heavy (non-hydrogen) atoms. The Balaban J connectivity index is 1.79. The fourth-order valence-electron chi connectivity index (χ4n) is 3.60. The monoisotopic (exact) mass is 460 g/mol. The molecule has 0 fully saturated rings. The summed E-state index contributed by atoms with van der Waals surface area (Å²) in [4.78, 5) is 30.4. The molecule has 0 aliphatic carbocycles. The highest BCUT2D eigenvalue weighted by Gasteiger charge is 2.23. The summed E-state index contributed by atoms with van der Waals surface area (Å²) in [6.07, 6.45) is 1.36. The van der Waals surface area contributed by atoms with Crippen molar-refractivity contribution in [2.75, 3.05) is 26.1 Å². The lowest BCUT2D eigenvalue weighted by Gasteiger charge is -2.13. The number of aromatic nitrogens is 3. The number of aryl methyl sites for hydroxylation is 1. The molecule has 2 aromatic heterocycles. The van der Waals surface area contributed by atoms with E-state index in [-0.39, 0.29) is 18.0 Å². The van der Waals surface area contributed by atoms with E-state index in [1.807, 2.05) is 37.3 Å². The van der Waals surface area contributed by atoms with Crippen LogP contribution in [0.4, 0.5) is 5.82 Å². The number of fused-ring (bicyclic) bond motifs is 1. The van der Waals surface area contributed by atoms with Gasteiger partial charge in [0.1, 0.15) is 5.56 Å². The Morgan fingerprint density at radius 2 is 1.79 bits per heavy atom. The molecule has 0 atom stereocenters. The second-order valence-corrected chi connectivity index (χ2v) is 7.38. The second kappa shape index (κ2) is 9.62. The van der Waals surface area contributed by atoms with Crippen molar-refractivity contribution in [1.29, 1.82) is 0 Å². The van der Waals surface area contributed by atoms with Gasteiger partial charge in [-0.2, -0.15) is 9.78 Å². The minimum atomic E-state index is -0.603. The van der Waals surface area contributed by atoms with Crippen molar-refractivity contribution in [1.82, 2.24) is 14.8 Å². The Kier molecular flexibility index (Phi) is 6.44. The largest absolute Gasteiger partial charge is 0.493 e. The van der Waals surface area contributed by atoms with Crippen molar-refractivity contribution in [3.05, 3.63) is 71.4 Å². The molecular weight excluding hydrogens is 436 g/mol. The number of nitrogens with one attached hydrogen (secondary N) is 1. The van der Waals surface area contributed by atoms with Crippen LogP contribution in [0.25, 0.3) is 16.7 Å². The molecule has 0 aliphatic rings. The van der Waals surface area contributed by atoms with Crippen LogP contribution in [-0.4, -0.2) is 47.5 Å². The lowest BCUT2D eigenvalue weighted by Crippen LogP contribution is -2.18. The predicted molar refractivity (Wildman–Crippen MR) is 127 cm³/mol. The average molecular weight is 460 g/mol. The summed E-state index contributed by atoms with van der Waals surface area (Å²) in [5.41, 5.74) is 2.17. The third-order valence-electron chi connectivity index (χ3n) is 5.27. The molecule has 0 unspecified atom stereocenters. The van der Waals surface area contributed by atoms with Gasteiger partial charge in [-0.15, -0.1) is 0 Å². The number of esters is 1. The number of rotatable bonds is 7. The van der Waals surface area contributed by atoms with E-state index >= 15 is 0 Å². The number of nitrogens with zero attached hydrogens (tertiary/aromatic N) is 3. The van der Waals surface area contributed by atoms with Gasteiger partial charge in [-0.1, -0.05) is 18.2 Å². The zero-order chi connectivity index (χ0) is 24.2. The maximum atomic E-state index is 13.2. The molecule has 0 saturated heterocycles. The number of anilines is 1. The van der Waals surface area contributed by atoms with Crippen LogP contribution in [0.3, 0.4) is 0 Å². The molecule has 0 saturated carbocycles. The Labute approximate surface area is 196 Å². The van der Waals surface area contributed by atoms with E-state index in [0.717, 1.165) is 16.5 Å². The van der Waals surface area contributed by atoms with Crippen LogP contribution in [0.1, 0.15) is 33.2 Å². The molecule has 9 heteroatoms.